The Morgan fingerprint density at radius 2 is 1.89 bits per heavy atom. The number of esters is 1. The van der Waals surface area contributed by atoms with Gasteiger partial charge in [-0.25, -0.2) is 9.78 Å². The molecule has 27 heavy (non-hydrogen) atoms. The standard InChI is InChI=1S/C21H33NO5/c1-15-18(22-19(27-15)17-10-5-4-6-11-17)12-8-7-9-16-13-25-21(2,26-14-16)20(23)24-3/h16-17H,4-14H2,1-3H3/t16-,21+. The molecule has 6 nitrogen and oxygen atoms in total. The van der Waals surface area contributed by atoms with E-state index in [0.717, 1.165) is 43.0 Å². The number of carbonyl (C=O) groups is 1. The van der Waals surface area contributed by atoms with E-state index in [0.29, 0.717) is 25.0 Å². The van der Waals surface area contributed by atoms with Crippen LogP contribution < -0.4 is 0 Å². The molecule has 1 aliphatic heterocycles. The summed E-state index contributed by atoms with van der Waals surface area (Å²) >= 11 is 0. The summed E-state index contributed by atoms with van der Waals surface area (Å²) in [6, 6.07) is 0. The van der Waals surface area contributed by atoms with E-state index in [9.17, 15) is 4.79 Å². The van der Waals surface area contributed by atoms with E-state index in [-0.39, 0.29) is 0 Å². The minimum Gasteiger partial charge on any atom is -0.465 e. The Hall–Kier alpha value is -1.40. The Labute approximate surface area is 162 Å². The summed E-state index contributed by atoms with van der Waals surface area (Å²) in [5.41, 5.74) is 1.12. The molecule has 0 spiro atoms. The summed E-state index contributed by atoms with van der Waals surface area (Å²) in [5, 5.41) is 0. The maximum Gasteiger partial charge on any atom is 0.366 e. The van der Waals surface area contributed by atoms with Crippen molar-refractivity contribution in [2.45, 2.75) is 83.3 Å². The van der Waals surface area contributed by atoms with E-state index in [1.54, 1.807) is 6.92 Å². The molecule has 6 heteroatoms. The summed E-state index contributed by atoms with van der Waals surface area (Å²) in [6.07, 6.45) is 10.5. The number of hydrogen-bond donors (Lipinski definition) is 0. The van der Waals surface area contributed by atoms with Crippen molar-refractivity contribution in [1.82, 2.24) is 4.98 Å². The summed E-state index contributed by atoms with van der Waals surface area (Å²) < 4.78 is 21.9. The number of rotatable bonds is 7. The SMILES string of the molecule is COC(=O)[C@]1(C)OC[C@H](CCCCc2nc(C3CCCCC3)oc2C)CO1. The Kier molecular flexibility index (Phi) is 6.93. The lowest BCUT2D eigenvalue weighted by atomic mass is 9.89. The molecule has 1 aromatic rings. The van der Waals surface area contributed by atoms with E-state index in [1.165, 1.54) is 39.2 Å². The highest BCUT2D eigenvalue weighted by atomic mass is 16.7. The van der Waals surface area contributed by atoms with E-state index in [1.807, 2.05) is 6.92 Å². The van der Waals surface area contributed by atoms with Gasteiger partial charge >= 0.3 is 5.97 Å². The Bertz CT molecular complexity index is 612. The Morgan fingerprint density at radius 1 is 1.19 bits per heavy atom. The van der Waals surface area contributed by atoms with Crippen molar-refractivity contribution in [2.75, 3.05) is 20.3 Å². The molecule has 0 aromatic carbocycles. The zero-order valence-electron chi connectivity index (χ0n) is 16.9. The van der Waals surface area contributed by atoms with Gasteiger partial charge in [0, 0.05) is 18.8 Å². The van der Waals surface area contributed by atoms with Gasteiger partial charge in [0.1, 0.15) is 5.76 Å². The van der Waals surface area contributed by atoms with Gasteiger partial charge in [-0.05, 0) is 39.0 Å². The molecule has 2 aliphatic rings. The quantitative estimate of drug-likeness (QED) is 0.520. The first-order valence-electron chi connectivity index (χ1n) is 10.3. The fourth-order valence-electron chi connectivity index (χ4n) is 4.05. The third-order valence-electron chi connectivity index (χ3n) is 5.88. The lowest BCUT2D eigenvalue weighted by molar-refractivity contribution is -0.272. The lowest BCUT2D eigenvalue weighted by Crippen LogP contribution is -2.48. The number of ether oxygens (including phenoxy) is 3. The highest BCUT2D eigenvalue weighted by Crippen LogP contribution is 2.33. The number of aromatic nitrogens is 1. The van der Waals surface area contributed by atoms with Gasteiger partial charge in [-0.3, -0.25) is 0 Å². The second-order valence-electron chi connectivity index (χ2n) is 8.06. The van der Waals surface area contributed by atoms with Crippen LogP contribution in [0.5, 0.6) is 0 Å². The van der Waals surface area contributed by atoms with Crippen molar-refractivity contribution in [1.29, 1.82) is 0 Å². The van der Waals surface area contributed by atoms with E-state index < -0.39 is 11.8 Å². The highest BCUT2D eigenvalue weighted by Gasteiger charge is 2.41. The highest BCUT2D eigenvalue weighted by molar-refractivity contribution is 5.77. The van der Waals surface area contributed by atoms with Crippen LogP contribution in [0, 0.1) is 12.8 Å². The van der Waals surface area contributed by atoms with Crippen molar-refractivity contribution < 1.29 is 23.4 Å². The molecule has 152 valence electrons. The number of nitrogens with zero attached hydrogens (tertiary/aromatic N) is 1. The molecule has 2 fully saturated rings. The van der Waals surface area contributed by atoms with Gasteiger partial charge in [0.25, 0.3) is 5.79 Å². The number of carbonyl (C=O) groups excluding carboxylic acids is 1. The average molecular weight is 379 g/mol. The normalized spacial score (nSPS) is 26.9. The van der Waals surface area contributed by atoms with Gasteiger partial charge in [-0.15, -0.1) is 0 Å². The average Bonchev–Trinajstić information content (AvgIpc) is 3.07. The van der Waals surface area contributed by atoms with Crippen LogP contribution in [-0.4, -0.2) is 37.1 Å². The first-order valence-corrected chi connectivity index (χ1v) is 10.3. The minimum atomic E-state index is -1.25. The maximum atomic E-state index is 11.7. The topological polar surface area (TPSA) is 70.8 Å². The Balaban J connectivity index is 1.38. The number of oxazole rings is 1. The summed E-state index contributed by atoms with van der Waals surface area (Å²) in [5.74, 6) is 1.05. The number of methoxy groups -OCH3 is 1. The molecular formula is C21H33NO5. The molecule has 2 heterocycles. The predicted molar refractivity (Wildman–Crippen MR) is 100 cm³/mol. The summed E-state index contributed by atoms with van der Waals surface area (Å²) in [6.45, 7) is 4.71. The van der Waals surface area contributed by atoms with Gasteiger partial charge < -0.3 is 18.6 Å². The maximum absolute atomic E-state index is 11.7. The van der Waals surface area contributed by atoms with E-state index in [4.69, 9.17) is 23.6 Å². The van der Waals surface area contributed by atoms with E-state index in [2.05, 4.69) is 0 Å². The third-order valence-corrected chi connectivity index (χ3v) is 5.88. The van der Waals surface area contributed by atoms with Crippen LogP contribution in [0.25, 0.3) is 0 Å². The first kappa shape index (κ1) is 20.3. The summed E-state index contributed by atoms with van der Waals surface area (Å²) in [4.78, 5) is 16.5. The smallest absolute Gasteiger partial charge is 0.366 e. The largest absolute Gasteiger partial charge is 0.465 e. The number of hydrogen-bond acceptors (Lipinski definition) is 6. The van der Waals surface area contributed by atoms with Crippen LogP contribution >= 0.6 is 0 Å². The second-order valence-corrected chi connectivity index (χ2v) is 8.06. The van der Waals surface area contributed by atoms with Crippen molar-refractivity contribution in [3.8, 4) is 0 Å². The van der Waals surface area contributed by atoms with Crippen LogP contribution in [-0.2, 0) is 25.4 Å². The zero-order valence-corrected chi connectivity index (χ0v) is 16.9. The van der Waals surface area contributed by atoms with E-state index >= 15 is 0 Å². The molecule has 3 rings (SSSR count). The monoisotopic (exact) mass is 379 g/mol. The third kappa shape index (κ3) is 5.11. The lowest BCUT2D eigenvalue weighted by Gasteiger charge is -2.35. The number of unbranched alkanes of at least 4 members (excludes halogenated alkanes) is 1. The van der Waals surface area contributed by atoms with Crippen molar-refractivity contribution in [3.63, 3.8) is 0 Å². The number of aryl methyl sites for hydroxylation is 2. The van der Waals surface area contributed by atoms with Gasteiger partial charge in [-0.2, -0.15) is 0 Å². The van der Waals surface area contributed by atoms with Crippen LogP contribution in [0.1, 0.15) is 81.6 Å². The fourth-order valence-corrected chi connectivity index (χ4v) is 4.05. The van der Waals surface area contributed by atoms with Gasteiger partial charge in [0.05, 0.1) is 26.0 Å². The zero-order chi connectivity index (χ0) is 19.3. The van der Waals surface area contributed by atoms with Crippen molar-refractivity contribution >= 4 is 5.97 Å². The molecule has 0 amide bonds. The van der Waals surface area contributed by atoms with Crippen molar-refractivity contribution in [2.24, 2.45) is 5.92 Å². The molecule has 0 N–H and O–H groups in total. The molecule has 0 atom stereocenters. The second kappa shape index (κ2) is 9.20. The van der Waals surface area contributed by atoms with Gasteiger partial charge in [0.2, 0.25) is 0 Å². The summed E-state index contributed by atoms with van der Waals surface area (Å²) in [7, 11) is 1.35. The van der Waals surface area contributed by atoms with Gasteiger partial charge in [0.15, 0.2) is 5.89 Å². The van der Waals surface area contributed by atoms with Crippen LogP contribution in [0.3, 0.4) is 0 Å². The van der Waals surface area contributed by atoms with Crippen molar-refractivity contribution in [3.05, 3.63) is 17.3 Å². The Morgan fingerprint density at radius 3 is 2.56 bits per heavy atom. The molecule has 1 aromatic heterocycles. The minimum absolute atomic E-state index is 0.318. The molecular weight excluding hydrogens is 346 g/mol. The molecule has 0 unspecified atom stereocenters. The molecule has 1 saturated carbocycles. The van der Waals surface area contributed by atoms with Crippen LogP contribution in [0.4, 0.5) is 0 Å². The predicted octanol–water partition coefficient (Wildman–Crippen LogP) is 4.30. The molecule has 0 radical (unpaired) electrons. The molecule has 0 bridgehead atoms. The van der Waals surface area contributed by atoms with Gasteiger partial charge in [-0.1, -0.05) is 25.7 Å². The molecule has 1 aliphatic carbocycles. The fraction of sp³-hybridized carbons (Fsp3) is 0.810. The van der Waals surface area contributed by atoms with Crippen LogP contribution in [0.15, 0.2) is 4.42 Å². The first-order chi connectivity index (χ1) is 13.0. The molecule has 1 saturated heterocycles. The van der Waals surface area contributed by atoms with Crippen LogP contribution in [0.2, 0.25) is 0 Å².